The number of benzene rings is 2. The number of nitro benzene ring substituents is 2. The van der Waals surface area contributed by atoms with Crippen molar-refractivity contribution in [2.75, 3.05) is 5.32 Å². The molecule has 2 aromatic carbocycles. The monoisotopic (exact) mass is 331 g/mol. The highest BCUT2D eigenvalue weighted by Gasteiger charge is 2.30. The summed E-state index contributed by atoms with van der Waals surface area (Å²) in [4.78, 5) is 32.4. The van der Waals surface area contributed by atoms with Crippen LogP contribution in [0.15, 0.2) is 42.5 Å². The highest BCUT2D eigenvalue weighted by Crippen LogP contribution is 2.37. The van der Waals surface area contributed by atoms with Crippen molar-refractivity contribution in [3.05, 3.63) is 73.8 Å². The van der Waals surface area contributed by atoms with E-state index in [9.17, 15) is 30.1 Å². The predicted molar refractivity (Wildman–Crippen MR) is 84.9 cm³/mol. The lowest BCUT2D eigenvalue weighted by molar-refractivity contribution is -0.392. The Hall–Kier alpha value is -3.49. The number of rotatable bonds is 6. The fraction of sp³-hybridized carbons (Fsp3) is 0.133. The molecule has 0 aliphatic rings. The smallest absolute Gasteiger partial charge is 0.330 e. The second kappa shape index (κ2) is 6.73. The van der Waals surface area contributed by atoms with Crippen LogP contribution in [0, 0.1) is 27.2 Å². The molecule has 2 aromatic rings. The van der Waals surface area contributed by atoms with Crippen molar-refractivity contribution < 1.29 is 19.7 Å². The van der Waals surface area contributed by atoms with Crippen LogP contribution >= 0.6 is 0 Å². The second-order valence-electron chi connectivity index (χ2n) is 5.02. The van der Waals surface area contributed by atoms with Crippen LogP contribution in [0.4, 0.5) is 17.1 Å². The van der Waals surface area contributed by atoms with E-state index in [1.165, 1.54) is 19.1 Å². The molecule has 0 fully saturated rings. The number of nitrogens with one attached hydrogen (secondary N) is 1. The standard InChI is InChI=1S/C15H13N3O6/c1-9-7-11(17(21)22)14(12(8-9)18(23)24)16-13(15(19)20)10-5-3-2-4-6-10/h2-8,13,16H,1H3,(H,19,20). The van der Waals surface area contributed by atoms with Crippen LogP contribution in [0.3, 0.4) is 0 Å². The maximum absolute atomic E-state index is 11.5. The Labute approximate surface area is 135 Å². The summed E-state index contributed by atoms with van der Waals surface area (Å²) in [5.41, 5.74) is -0.903. The number of hydrogen-bond acceptors (Lipinski definition) is 6. The molecule has 0 saturated heterocycles. The maximum Gasteiger partial charge on any atom is 0.330 e. The Bertz CT molecular complexity index is 771. The van der Waals surface area contributed by atoms with Gasteiger partial charge in [-0.05, 0) is 18.1 Å². The average Bonchev–Trinajstić information content (AvgIpc) is 2.53. The lowest BCUT2D eigenvalue weighted by Crippen LogP contribution is -2.21. The number of carboxylic acid groups (broad SMARTS) is 1. The van der Waals surface area contributed by atoms with Crippen molar-refractivity contribution in [2.24, 2.45) is 0 Å². The molecule has 0 aliphatic carbocycles. The van der Waals surface area contributed by atoms with Crippen molar-refractivity contribution in [1.29, 1.82) is 0 Å². The molecule has 0 radical (unpaired) electrons. The topological polar surface area (TPSA) is 136 Å². The summed E-state index contributed by atoms with van der Waals surface area (Å²) < 4.78 is 0. The van der Waals surface area contributed by atoms with Gasteiger partial charge >= 0.3 is 5.97 Å². The third-order valence-corrected chi connectivity index (χ3v) is 3.30. The zero-order chi connectivity index (χ0) is 17.9. The second-order valence-corrected chi connectivity index (χ2v) is 5.02. The summed E-state index contributed by atoms with van der Waals surface area (Å²) in [5, 5.41) is 34.3. The number of anilines is 1. The van der Waals surface area contributed by atoms with Crippen molar-refractivity contribution in [3.8, 4) is 0 Å². The van der Waals surface area contributed by atoms with Crippen molar-refractivity contribution in [2.45, 2.75) is 13.0 Å². The van der Waals surface area contributed by atoms with Gasteiger partial charge in [0.25, 0.3) is 11.4 Å². The lowest BCUT2D eigenvalue weighted by Gasteiger charge is -2.16. The van der Waals surface area contributed by atoms with Gasteiger partial charge in [-0.3, -0.25) is 20.2 Å². The maximum atomic E-state index is 11.5. The van der Waals surface area contributed by atoms with Crippen molar-refractivity contribution in [3.63, 3.8) is 0 Å². The molecular weight excluding hydrogens is 318 g/mol. The molecule has 0 aromatic heterocycles. The van der Waals surface area contributed by atoms with E-state index in [4.69, 9.17) is 0 Å². The van der Waals surface area contributed by atoms with Gasteiger partial charge in [0.05, 0.1) is 9.85 Å². The van der Waals surface area contributed by atoms with Crippen molar-refractivity contribution in [1.82, 2.24) is 0 Å². The van der Waals surface area contributed by atoms with E-state index in [0.29, 0.717) is 11.1 Å². The van der Waals surface area contributed by atoms with E-state index in [-0.39, 0.29) is 0 Å². The number of carboxylic acids is 1. The van der Waals surface area contributed by atoms with Gasteiger partial charge in [-0.15, -0.1) is 0 Å². The zero-order valence-electron chi connectivity index (χ0n) is 12.5. The molecular formula is C15H13N3O6. The van der Waals surface area contributed by atoms with Gasteiger partial charge < -0.3 is 10.4 Å². The fourth-order valence-electron chi connectivity index (χ4n) is 2.26. The molecule has 1 unspecified atom stereocenters. The summed E-state index contributed by atoms with van der Waals surface area (Å²) in [6, 6.07) is 8.84. The third kappa shape index (κ3) is 3.46. The van der Waals surface area contributed by atoms with E-state index in [2.05, 4.69) is 5.32 Å². The number of carbonyl (C=O) groups is 1. The summed E-state index contributed by atoms with van der Waals surface area (Å²) >= 11 is 0. The van der Waals surface area contributed by atoms with Crippen LogP contribution in [0.1, 0.15) is 17.2 Å². The zero-order valence-corrected chi connectivity index (χ0v) is 12.5. The summed E-state index contributed by atoms with van der Waals surface area (Å²) in [7, 11) is 0. The first-order valence-electron chi connectivity index (χ1n) is 6.79. The van der Waals surface area contributed by atoms with Crippen LogP contribution in [0.5, 0.6) is 0 Å². The Morgan fingerprint density at radius 2 is 1.58 bits per heavy atom. The minimum atomic E-state index is -1.37. The average molecular weight is 331 g/mol. The molecule has 2 rings (SSSR count). The molecule has 0 amide bonds. The van der Waals surface area contributed by atoms with Gasteiger partial charge in [-0.2, -0.15) is 0 Å². The molecule has 0 aliphatic heterocycles. The van der Waals surface area contributed by atoms with Crippen LogP contribution < -0.4 is 5.32 Å². The minimum Gasteiger partial charge on any atom is -0.479 e. The summed E-state index contributed by atoms with van der Waals surface area (Å²) in [6.45, 7) is 1.48. The first-order chi connectivity index (χ1) is 11.3. The number of nitro groups is 2. The highest BCUT2D eigenvalue weighted by atomic mass is 16.6. The van der Waals surface area contributed by atoms with Gasteiger partial charge in [0.2, 0.25) is 0 Å². The van der Waals surface area contributed by atoms with Gasteiger partial charge in [-0.25, -0.2) is 4.79 Å². The first kappa shape index (κ1) is 16.9. The molecule has 124 valence electrons. The van der Waals surface area contributed by atoms with Crippen LogP contribution in [0.25, 0.3) is 0 Å². The van der Waals surface area contributed by atoms with Gasteiger partial charge in [-0.1, -0.05) is 30.3 Å². The predicted octanol–water partition coefficient (Wildman–Crippen LogP) is 3.05. The Morgan fingerprint density at radius 3 is 2.00 bits per heavy atom. The highest BCUT2D eigenvalue weighted by molar-refractivity contribution is 5.84. The first-order valence-corrected chi connectivity index (χ1v) is 6.79. The molecule has 1 atom stereocenters. The van der Waals surface area contributed by atoms with E-state index >= 15 is 0 Å². The van der Waals surface area contributed by atoms with E-state index in [1.54, 1.807) is 18.2 Å². The summed E-state index contributed by atoms with van der Waals surface area (Å²) in [5.74, 6) is -1.31. The van der Waals surface area contributed by atoms with E-state index in [0.717, 1.165) is 12.1 Å². The fourth-order valence-corrected chi connectivity index (χ4v) is 2.26. The van der Waals surface area contributed by atoms with Gasteiger partial charge in [0, 0.05) is 12.1 Å². The van der Waals surface area contributed by atoms with E-state index in [1.807, 2.05) is 0 Å². The normalized spacial score (nSPS) is 11.5. The Kier molecular flexibility index (Phi) is 4.73. The molecule has 9 nitrogen and oxygen atoms in total. The van der Waals surface area contributed by atoms with Crippen LogP contribution in [0.2, 0.25) is 0 Å². The SMILES string of the molecule is Cc1cc([N+](=O)[O-])c(NC(C(=O)O)c2ccccc2)c([N+](=O)[O-])c1. The molecule has 24 heavy (non-hydrogen) atoms. The summed E-state index contributed by atoms with van der Waals surface area (Å²) in [6.07, 6.45) is 0. The van der Waals surface area contributed by atoms with Gasteiger partial charge in [0.1, 0.15) is 0 Å². The number of aryl methyl sites for hydroxylation is 1. The molecule has 2 N–H and O–H groups in total. The molecule has 0 heterocycles. The molecule has 0 bridgehead atoms. The Morgan fingerprint density at radius 1 is 1.08 bits per heavy atom. The van der Waals surface area contributed by atoms with Crippen LogP contribution in [-0.4, -0.2) is 20.9 Å². The number of nitrogens with zero attached hydrogens (tertiary/aromatic N) is 2. The van der Waals surface area contributed by atoms with E-state index < -0.39 is 38.9 Å². The molecule has 0 spiro atoms. The quantitative estimate of drug-likeness (QED) is 0.613. The van der Waals surface area contributed by atoms with Crippen LogP contribution in [-0.2, 0) is 4.79 Å². The number of aliphatic carboxylic acids is 1. The molecule has 9 heteroatoms. The largest absolute Gasteiger partial charge is 0.479 e. The number of hydrogen-bond donors (Lipinski definition) is 2. The van der Waals surface area contributed by atoms with Crippen molar-refractivity contribution >= 4 is 23.0 Å². The Balaban J connectivity index is 2.59. The van der Waals surface area contributed by atoms with Gasteiger partial charge in [0.15, 0.2) is 11.7 Å². The lowest BCUT2D eigenvalue weighted by atomic mass is 10.1. The third-order valence-electron chi connectivity index (χ3n) is 3.30. The molecule has 0 saturated carbocycles. The minimum absolute atomic E-state index is 0.314.